The molecule has 1 nitrogen and oxygen atoms in total. The molecular weight excluding hydrogens is 217 g/mol. The van der Waals surface area contributed by atoms with Gasteiger partial charge in [0.1, 0.15) is 6.42 Å². The number of hydrogen-bond donors (Lipinski definition) is 1. The van der Waals surface area contributed by atoms with Gasteiger partial charge in [-0.3, -0.25) is 0 Å². The average molecular weight is 225 g/mol. The summed E-state index contributed by atoms with van der Waals surface area (Å²) in [6, 6.07) is 4.27. The van der Waals surface area contributed by atoms with Gasteiger partial charge in [-0.15, -0.1) is 0 Å². The highest BCUT2D eigenvalue weighted by atomic mass is 19.4. The number of alkyl halides is 5. The Morgan fingerprint density at radius 3 is 2.13 bits per heavy atom. The van der Waals surface area contributed by atoms with Crippen LogP contribution in [0.3, 0.4) is 0 Å². The number of rotatable bonds is 2. The molecule has 0 bridgehead atoms. The molecule has 0 atom stereocenters. The number of nitrogen functional groups attached to an aromatic ring is 1. The van der Waals surface area contributed by atoms with Crippen LogP contribution in [0.4, 0.5) is 27.6 Å². The summed E-state index contributed by atoms with van der Waals surface area (Å²) in [5.41, 5.74) is 4.49. The number of nitrogens with two attached hydrogens (primary N) is 1. The van der Waals surface area contributed by atoms with Crippen LogP contribution in [0.15, 0.2) is 24.3 Å². The van der Waals surface area contributed by atoms with Crippen LogP contribution in [-0.2, 0) is 5.92 Å². The van der Waals surface area contributed by atoms with E-state index in [4.69, 9.17) is 5.73 Å². The Labute approximate surface area is 82.7 Å². The van der Waals surface area contributed by atoms with E-state index in [1.807, 2.05) is 0 Å². The van der Waals surface area contributed by atoms with E-state index in [1.54, 1.807) is 0 Å². The molecule has 0 saturated heterocycles. The zero-order valence-electron chi connectivity index (χ0n) is 7.48. The second-order valence-electron chi connectivity index (χ2n) is 3.12. The van der Waals surface area contributed by atoms with Crippen molar-refractivity contribution in [2.45, 2.75) is 18.5 Å². The summed E-state index contributed by atoms with van der Waals surface area (Å²) in [6.45, 7) is 0. The number of anilines is 1. The van der Waals surface area contributed by atoms with E-state index in [-0.39, 0.29) is 5.69 Å². The lowest BCUT2D eigenvalue weighted by Gasteiger charge is -2.18. The van der Waals surface area contributed by atoms with Gasteiger partial charge in [0.15, 0.2) is 0 Å². The Bertz CT molecular complexity index is 345. The molecule has 0 radical (unpaired) electrons. The molecule has 15 heavy (non-hydrogen) atoms. The van der Waals surface area contributed by atoms with Gasteiger partial charge < -0.3 is 5.73 Å². The Hall–Kier alpha value is -1.33. The third kappa shape index (κ3) is 3.38. The Kier molecular flexibility index (Phi) is 2.88. The molecule has 0 aliphatic heterocycles. The molecule has 1 rings (SSSR count). The van der Waals surface area contributed by atoms with Crippen LogP contribution >= 0.6 is 0 Å². The molecule has 0 fully saturated rings. The molecule has 1 aromatic carbocycles. The van der Waals surface area contributed by atoms with Gasteiger partial charge in [0.05, 0.1) is 0 Å². The highest BCUT2D eigenvalue weighted by Gasteiger charge is 2.44. The fourth-order valence-corrected chi connectivity index (χ4v) is 1.12. The van der Waals surface area contributed by atoms with E-state index >= 15 is 0 Å². The molecule has 0 heterocycles. The van der Waals surface area contributed by atoms with Crippen molar-refractivity contribution in [1.29, 1.82) is 0 Å². The molecule has 0 spiro atoms. The van der Waals surface area contributed by atoms with Crippen molar-refractivity contribution in [2.75, 3.05) is 5.73 Å². The van der Waals surface area contributed by atoms with Gasteiger partial charge in [0, 0.05) is 11.3 Å². The lowest BCUT2D eigenvalue weighted by Crippen LogP contribution is -2.23. The maximum atomic E-state index is 13.1. The maximum absolute atomic E-state index is 13.1. The first-order chi connectivity index (χ1) is 6.71. The Morgan fingerprint density at radius 1 is 1.07 bits per heavy atom. The zero-order chi connectivity index (χ0) is 11.7. The highest BCUT2D eigenvalue weighted by molar-refractivity contribution is 5.42. The molecule has 0 aliphatic rings. The Balaban J connectivity index is 2.95. The van der Waals surface area contributed by atoms with Gasteiger partial charge >= 0.3 is 6.18 Å². The fourth-order valence-electron chi connectivity index (χ4n) is 1.12. The maximum Gasteiger partial charge on any atom is 0.395 e. The van der Waals surface area contributed by atoms with Crippen molar-refractivity contribution >= 4 is 5.69 Å². The summed E-state index contributed by atoms with van der Waals surface area (Å²) < 4.78 is 61.6. The quantitative estimate of drug-likeness (QED) is 0.606. The molecule has 84 valence electrons. The zero-order valence-corrected chi connectivity index (χ0v) is 7.48. The second-order valence-corrected chi connectivity index (χ2v) is 3.12. The number of benzene rings is 1. The van der Waals surface area contributed by atoms with E-state index in [0.29, 0.717) is 0 Å². The topological polar surface area (TPSA) is 26.0 Å². The Morgan fingerprint density at radius 2 is 1.67 bits per heavy atom. The minimum atomic E-state index is -4.91. The largest absolute Gasteiger partial charge is 0.399 e. The van der Waals surface area contributed by atoms with Crippen LogP contribution in [0.2, 0.25) is 0 Å². The molecule has 0 aliphatic carbocycles. The first-order valence-electron chi connectivity index (χ1n) is 4.01. The van der Waals surface area contributed by atoms with Crippen LogP contribution in [0, 0.1) is 0 Å². The molecule has 1 aromatic rings. The van der Waals surface area contributed by atoms with Gasteiger partial charge in [-0.25, -0.2) is 8.78 Å². The van der Waals surface area contributed by atoms with Crippen molar-refractivity contribution in [3.8, 4) is 0 Å². The van der Waals surface area contributed by atoms with Gasteiger partial charge in [0.2, 0.25) is 0 Å². The molecule has 0 unspecified atom stereocenters. The lowest BCUT2D eigenvalue weighted by molar-refractivity contribution is -0.190. The van der Waals surface area contributed by atoms with Crippen molar-refractivity contribution in [3.05, 3.63) is 29.8 Å². The predicted octanol–water partition coefficient (Wildman–Crippen LogP) is 3.31. The van der Waals surface area contributed by atoms with Crippen LogP contribution in [0.5, 0.6) is 0 Å². The van der Waals surface area contributed by atoms with Crippen molar-refractivity contribution in [2.24, 2.45) is 0 Å². The van der Waals surface area contributed by atoms with Crippen LogP contribution in [-0.4, -0.2) is 6.18 Å². The van der Waals surface area contributed by atoms with Crippen molar-refractivity contribution in [1.82, 2.24) is 0 Å². The molecule has 0 saturated carbocycles. The third-order valence-corrected chi connectivity index (χ3v) is 1.73. The summed E-state index contributed by atoms with van der Waals surface area (Å²) >= 11 is 0. The van der Waals surface area contributed by atoms with Gasteiger partial charge in [-0.2, -0.15) is 13.2 Å². The summed E-state index contributed by atoms with van der Waals surface area (Å²) in [5, 5.41) is 0. The monoisotopic (exact) mass is 225 g/mol. The van der Waals surface area contributed by atoms with E-state index in [9.17, 15) is 22.0 Å². The molecular formula is C9H8F5N. The summed E-state index contributed by atoms with van der Waals surface area (Å²) in [5.74, 6) is -3.94. The van der Waals surface area contributed by atoms with E-state index in [2.05, 4.69) is 0 Å². The lowest BCUT2D eigenvalue weighted by atomic mass is 10.0. The minimum absolute atomic E-state index is 0.00866. The van der Waals surface area contributed by atoms with Crippen molar-refractivity contribution in [3.63, 3.8) is 0 Å². The van der Waals surface area contributed by atoms with Crippen LogP contribution in [0.25, 0.3) is 0 Å². The van der Waals surface area contributed by atoms with Gasteiger partial charge in [-0.05, 0) is 12.1 Å². The standard InChI is InChI=1S/C9H8F5N/c10-8(11,5-9(12,13)14)6-2-1-3-7(15)4-6/h1-4H,5,15H2. The van der Waals surface area contributed by atoms with Crippen LogP contribution in [0.1, 0.15) is 12.0 Å². The smallest absolute Gasteiger partial charge is 0.395 e. The van der Waals surface area contributed by atoms with E-state index in [0.717, 1.165) is 12.1 Å². The van der Waals surface area contributed by atoms with Gasteiger partial charge in [-0.1, -0.05) is 12.1 Å². The summed E-state index contributed by atoms with van der Waals surface area (Å²) in [7, 11) is 0. The first-order valence-corrected chi connectivity index (χ1v) is 4.01. The SMILES string of the molecule is Nc1cccc(C(F)(F)CC(F)(F)F)c1. The average Bonchev–Trinajstić information content (AvgIpc) is 1.99. The number of hydrogen-bond acceptors (Lipinski definition) is 1. The summed E-state index contributed by atoms with van der Waals surface area (Å²) in [4.78, 5) is 0. The third-order valence-electron chi connectivity index (χ3n) is 1.73. The second kappa shape index (κ2) is 3.67. The molecule has 0 amide bonds. The first kappa shape index (κ1) is 11.7. The van der Waals surface area contributed by atoms with Crippen LogP contribution < -0.4 is 5.73 Å². The highest BCUT2D eigenvalue weighted by Crippen LogP contribution is 2.39. The van der Waals surface area contributed by atoms with E-state index < -0.39 is 24.1 Å². The minimum Gasteiger partial charge on any atom is -0.399 e. The van der Waals surface area contributed by atoms with E-state index in [1.165, 1.54) is 12.1 Å². The fraction of sp³-hybridized carbons (Fsp3) is 0.333. The molecule has 6 heteroatoms. The molecule has 0 aromatic heterocycles. The molecule has 2 N–H and O–H groups in total. The summed E-state index contributed by atoms with van der Waals surface area (Å²) in [6.07, 6.45) is -7.09. The predicted molar refractivity (Wildman–Crippen MR) is 45.4 cm³/mol. The number of halogens is 5. The van der Waals surface area contributed by atoms with Gasteiger partial charge in [0.25, 0.3) is 5.92 Å². The van der Waals surface area contributed by atoms with Crippen molar-refractivity contribution < 1.29 is 22.0 Å². The normalized spacial score (nSPS) is 12.9.